The first kappa shape index (κ1) is 23.7. The van der Waals surface area contributed by atoms with Crippen LogP contribution in [-0.2, 0) is 17.4 Å². The van der Waals surface area contributed by atoms with Gasteiger partial charge in [-0.25, -0.2) is 5.48 Å². The zero-order valence-corrected chi connectivity index (χ0v) is 19.3. The lowest BCUT2D eigenvalue weighted by Crippen LogP contribution is -2.37. The summed E-state index contributed by atoms with van der Waals surface area (Å²) in [6, 6.07) is 10.8. The predicted octanol–water partition coefficient (Wildman–Crippen LogP) is 5.41. The molecule has 6 nitrogen and oxygen atoms in total. The Morgan fingerprint density at radius 3 is 2.59 bits per heavy atom. The van der Waals surface area contributed by atoms with Crippen molar-refractivity contribution < 1.29 is 22.7 Å². The maximum absolute atomic E-state index is 13.1. The normalized spacial score (nSPS) is 16.1. The first-order chi connectivity index (χ1) is 16.1. The van der Waals surface area contributed by atoms with Crippen LogP contribution in [0, 0.1) is 27.7 Å². The Morgan fingerprint density at radius 2 is 1.85 bits per heavy atom. The van der Waals surface area contributed by atoms with Crippen molar-refractivity contribution in [1.82, 2.24) is 15.7 Å². The number of hydroxylamine groups is 1. The van der Waals surface area contributed by atoms with Crippen molar-refractivity contribution in [3.63, 3.8) is 0 Å². The van der Waals surface area contributed by atoms with Crippen molar-refractivity contribution in [2.45, 2.75) is 46.3 Å². The van der Waals surface area contributed by atoms with Gasteiger partial charge >= 0.3 is 6.18 Å². The summed E-state index contributed by atoms with van der Waals surface area (Å²) >= 11 is 0. The highest BCUT2D eigenvalue weighted by atomic mass is 19.4. The quantitative estimate of drug-likeness (QED) is 0.540. The van der Waals surface area contributed by atoms with Gasteiger partial charge in [0.25, 0.3) is 0 Å². The maximum atomic E-state index is 13.1. The number of nitrogens with zero attached hydrogens (tertiary/aromatic N) is 3. The van der Waals surface area contributed by atoms with Crippen LogP contribution in [0.25, 0.3) is 0 Å². The molecule has 1 atom stereocenters. The second-order valence-electron chi connectivity index (χ2n) is 8.40. The molecule has 1 N–H and O–H groups in total. The van der Waals surface area contributed by atoms with Gasteiger partial charge in [0.1, 0.15) is 5.75 Å². The van der Waals surface area contributed by atoms with Crippen molar-refractivity contribution in [2.75, 3.05) is 6.61 Å². The highest BCUT2D eigenvalue weighted by molar-refractivity contribution is 6.02. The molecule has 2 aromatic carbocycles. The maximum Gasteiger partial charge on any atom is 0.416 e. The number of aryl methyl sites for hydroxylation is 3. The molecule has 0 aliphatic carbocycles. The third-order valence-corrected chi connectivity index (χ3v) is 5.74. The SMILES string of the molecule is Cc1ccc(CC2CONC(c3c(Oc4cccc(C(F)(F)F)c4)nnc(C)c3C)=N2)c(C)c1. The van der Waals surface area contributed by atoms with Crippen LogP contribution in [-0.4, -0.2) is 28.7 Å². The molecule has 1 aromatic heterocycles. The van der Waals surface area contributed by atoms with E-state index in [-0.39, 0.29) is 17.7 Å². The van der Waals surface area contributed by atoms with Gasteiger partial charge in [-0.05, 0) is 69.0 Å². The fraction of sp³-hybridized carbons (Fsp3) is 0.320. The Morgan fingerprint density at radius 1 is 1.06 bits per heavy atom. The van der Waals surface area contributed by atoms with Crippen LogP contribution >= 0.6 is 0 Å². The number of aromatic nitrogens is 2. The van der Waals surface area contributed by atoms with Gasteiger partial charge in [0, 0.05) is 0 Å². The van der Waals surface area contributed by atoms with E-state index in [9.17, 15) is 13.2 Å². The Bertz CT molecular complexity index is 1240. The largest absolute Gasteiger partial charge is 0.437 e. The van der Waals surface area contributed by atoms with E-state index in [1.807, 2.05) is 13.8 Å². The molecule has 0 saturated carbocycles. The van der Waals surface area contributed by atoms with E-state index < -0.39 is 11.7 Å². The molecule has 0 bridgehead atoms. The van der Waals surface area contributed by atoms with Crippen LogP contribution in [0.4, 0.5) is 13.2 Å². The standard InChI is InChI=1S/C25H25F3N4O2/c1-14-8-9-18(15(2)10-14)11-20-13-33-32-23(29-20)22-16(3)17(4)30-31-24(22)34-21-7-5-6-19(12-21)25(26,27)28/h5-10,12,20H,11,13H2,1-4H3,(H,29,32). The molecule has 0 amide bonds. The summed E-state index contributed by atoms with van der Waals surface area (Å²) in [5.74, 6) is 0.445. The Labute approximate surface area is 195 Å². The van der Waals surface area contributed by atoms with Crippen molar-refractivity contribution in [1.29, 1.82) is 0 Å². The molecule has 0 saturated heterocycles. The van der Waals surface area contributed by atoms with Crippen LogP contribution in [0.5, 0.6) is 11.6 Å². The van der Waals surface area contributed by atoms with Crippen molar-refractivity contribution in [3.8, 4) is 11.6 Å². The van der Waals surface area contributed by atoms with Gasteiger partial charge in [0.15, 0.2) is 5.84 Å². The van der Waals surface area contributed by atoms with E-state index in [1.165, 1.54) is 28.8 Å². The minimum absolute atomic E-state index is 0.00205. The molecule has 1 aliphatic heterocycles. The topological polar surface area (TPSA) is 68.6 Å². The molecule has 9 heteroatoms. The van der Waals surface area contributed by atoms with E-state index in [0.29, 0.717) is 30.1 Å². The first-order valence-corrected chi connectivity index (χ1v) is 10.8. The average molecular weight is 470 g/mol. The van der Waals surface area contributed by atoms with Gasteiger partial charge in [0.2, 0.25) is 5.88 Å². The summed E-state index contributed by atoms with van der Waals surface area (Å²) in [6.07, 6.45) is -3.81. The van der Waals surface area contributed by atoms with E-state index >= 15 is 0 Å². The van der Waals surface area contributed by atoms with E-state index in [1.54, 1.807) is 6.92 Å². The summed E-state index contributed by atoms with van der Waals surface area (Å²) in [5.41, 5.74) is 7.44. The third kappa shape index (κ3) is 5.20. The monoisotopic (exact) mass is 470 g/mol. The van der Waals surface area contributed by atoms with Crippen LogP contribution in [0.15, 0.2) is 47.5 Å². The summed E-state index contributed by atoms with van der Waals surface area (Å²) in [4.78, 5) is 10.4. The predicted molar refractivity (Wildman–Crippen MR) is 122 cm³/mol. The van der Waals surface area contributed by atoms with E-state index in [4.69, 9.17) is 14.6 Å². The molecule has 0 spiro atoms. The zero-order chi connectivity index (χ0) is 24.5. The minimum atomic E-state index is -4.48. The molecular formula is C25H25F3N4O2. The number of benzene rings is 2. The Hall–Kier alpha value is -3.46. The lowest BCUT2D eigenvalue weighted by Gasteiger charge is -2.24. The fourth-order valence-electron chi connectivity index (χ4n) is 3.79. The molecule has 34 heavy (non-hydrogen) atoms. The summed E-state index contributed by atoms with van der Waals surface area (Å²) < 4.78 is 45.2. The summed E-state index contributed by atoms with van der Waals surface area (Å²) in [5, 5.41) is 8.19. The van der Waals surface area contributed by atoms with Crippen LogP contribution in [0.2, 0.25) is 0 Å². The highest BCUT2D eigenvalue weighted by Crippen LogP contribution is 2.33. The van der Waals surface area contributed by atoms with Crippen LogP contribution in [0.3, 0.4) is 0 Å². The van der Waals surface area contributed by atoms with Crippen molar-refractivity contribution in [2.24, 2.45) is 4.99 Å². The number of alkyl halides is 3. The number of halogens is 3. The number of hydrogen-bond acceptors (Lipinski definition) is 6. The zero-order valence-electron chi connectivity index (χ0n) is 19.3. The first-order valence-electron chi connectivity index (χ1n) is 10.8. The minimum Gasteiger partial charge on any atom is -0.437 e. The number of aliphatic imine (C=N–C) groups is 1. The lowest BCUT2D eigenvalue weighted by atomic mass is 9.99. The number of amidine groups is 1. The molecule has 1 aliphatic rings. The van der Waals surface area contributed by atoms with Gasteiger partial charge in [-0.1, -0.05) is 29.8 Å². The smallest absolute Gasteiger partial charge is 0.416 e. The molecule has 4 rings (SSSR count). The van der Waals surface area contributed by atoms with Gasteiger partial charge in [-0.15, -0.1) is 5.10 Å². The van der Waals surface area contributed by atoms with Gasteiger partial charge in [-0.2, -0.15) is 18.3 Å². The Balaban J connectivity index is 1.67. The number of hydrogen-bond donors (Lipinski definition) is 1. The molecule has 0 radical (unpaired) electrons. The molecule has 1 unspecified atom stereocenters. The van der Waals surface area contributed by atoms with Crippen LogP contribution in [0.1, 0.15) is 39.1 Å². The van der Waals surface area contributed by atoms with Gasteiger partial charge in [-0.3, -0.25) is 9.83 Å². The second kappa shape index (κ2) is 9.42. The molecular weight excluding hydrogens is 445 g/mol. The molecule has 178 valence electrons. The molecule has 0 fully saturated rings. The average Bonchev–Trinajstić information content (AvgIpc) is 2.78. The fourth-order valence-corrected chi connectivity index (χ4v) is 3.79. The van der Waals surface area contributed by atoms with Gasteiger partial charge < -0.3 is 4.74 Å². The number of rotatable bonds is 5. The van der Waals surface area contributed by atoms with Crippen LogP contribution < -0.4 is 10.2 Å². The number of nitrogens with one attached hydrogen (secondary N) is 1. The molecule has 2 heterocycles. The van der Waals surface area contributed by atoms with E-state index in [2.05, 4.69) is 40.8 Å². The third-order valence-electron chi connectivity index (χ3n) is 5.74. The van der Waals surface area contributed by atoms with Crippen molar-refractivity contribution >= 4 is 5.84 Å². The van der Waals surface area contributed by atoms with E-state index in [0.717, 1.165) is 17.7 Å². The van der Waals surface area contributed by atoms with Gasteiger partial charge in [0.05, 0.1) is 29.5 Å². The summed E-state index contributed by atoms with van der Waals surface area (Å²) in [7, 11) is 0. The number of ether oxygens (including phenoxy) is 1. The lowest BCUT2D eigenvalue weighted by molar-refractivity contribution is -0.137. The summed E-state index contributed by atoms with van der Waals surface area (Å²) in [6.45, 7) is 8.11. The Kier molecular flexibility index (Phi) is 6.56. The second-order valence-corrected chi connectivity index (χ2v) is 8.40. The van der Waals surface area contributed by atoms with Crippen molar-refractivity contribution in [3.05, 3.63) is 81.5 Å². The molecule has 3 aromatic rings. The highest BCUT2D eigenvalue weighted by Gasteiger charge is 2.31.